The van der Waals surface area contributed by atoms with E-state index in [1.165, 1.54) is 11.3 Å². The van der Waals surface area contributed by atoms with Gasteiger partial charge in [-0.2, -0.15) is 0 Å². The van der Waals surface area contributed by atoms with Gasteiger partial charge in [-0.25, -0.2) is 4.98 Å². The van der Waals surface area contributed by atoms with E-state index in [0.717, 1.165) is 0 Å². The molecule has 2 aromatic rings. The second kappa shape index (κ2) is 5.57. The highest BCUT2D eigenvalue weighted by Gasteiger charge is 2.35. The molecule has 8 heteroatoms. The number of aliphatic carboxylic acids is 1. The first-order chi connectivity index (χ1) is 10.1. The van der Waals surface area contributed by atoms with Gasteiger partial charge < -0.3 is 10.4 Å². The fourth-order valence-electron chi connectivity index (χ4n) is 2.10. The summed E-state index contributed by atoms with van der Waals surface area (Å²) in [5.74, 6) is -1.43. The van der Waals surface area contributed by atoms with Gasteiger partial charge >= 0.3 is 5.97 Å². The predicted octanol–water partition coefficient (Wildman–Crippen LogP) is 1.19. The Hall–Kier alpha value is -2.35. The molecule has 1 aliphatic rings. The van der Waals surface area contributed by atoms with Crippen LogP contribution < -0.4 is 5.32 Å². The van der Waals surface area contributed by atoms with E-state index < -0.39 is 5.97 Å². The molecule has 0 unspecified atom stereocenters. The van der Waals surface area contributed by atoms with E-state index in [1.54, 1.807) is 24.0 Å². The van der Waals surface area contributed by atoms with Crippen molar-refractivity contribution in [1.82, 2.24) is 20.3 Å². The standard InChI is InChI=1S/C13H12N4O3S/c18-11(16-8-3-7(4-8)13(19)20)10-6-21-12(17-10)9-5-14-1-2-15-9/h1-2,5-8H,3-4H2,(H,16,18)(H,19,20). The van der Waals surface area contributed by atoms with E-state index in [-0.39, 0.29) is 17.9 Å². The lowest BCUT2D eigenvalue weighted by atomic mass is 9.80. The van der Waals surface area contributed by atoms with Crippen LogP contribution in [0.3, 0.4) is 0 Å². The van der Waals surface area contributed by atoms with E-state index in [9.17, 15) is 9.59 Å². The van der Waals surface area contributed by atoms with Crippen LogP contribution in [0.1, 0.15) is 23.3 Å². The van der Waals surface area contributed by atoms with Crippen LogP contribution in [0.4, 0.5) is 0 Å². The molecule has 7 nitrogen and oxygen atoms in total. The summed E-state index contributed by atoms with van der Waals surface area (Å²) < 4.78 is 0. The number of thiazole rings is 1. The van der Waals surface area contributed by atoms with Crippen LogP contribution in [0.15, 0.2) is 24.0 Å². The SMILES string of the molecule is O=C(NC1CC(C(=O)O)C1)c1csc(-c2cnccn2)n1. The average molecular weight is 304 g/mol. The number of nitrogens with zero attached hydrogens (tertiary/aromatic N) is 3. The van der Waals surface area contributed by atoms with E-state index in [2.05, 4.69) is 20.3 Å². The molecule has 0 saturated heterocycles. The normalized spacial score (nSPS) is 20.6. The van der Waals surface area contributed by atoms with Crippen molar-refractivity contribution in [3.8, 4) is 10.7 Å². The number of carbonyl (C=O) groups excluding carboxylic acids is 1. The van der Waals surface area contributed by atoms with Crippen LogP contribution in [-0.2, 0) is 4.79 Å². The lowest BCUT2D eigenvalue weighted by molar-refractivity contribution is -0.145. The topological polar surface area (TPSA) is 105 Å². The minimum atomic E-state index is -0.806. The lowest BCUT2D eigenvalue weighted by Gasteiger charge is -2.32. The van der Waals surface area contributed by atoms with Crippen LogP contribution in [-0.4, -0.2) is 38.0 Å². The van der Waals surface area contributed by atoms with Crippen molar-refractivity contribution in [1.29, 1.82) is 0 Å². The van der Waals surface area contributed by atoms with Gasteiger partial charge in [0.1, 0.15) is 16.4 Å². The third-order valence-electron chi connectivity index (χ3n) is 3.34. The van der Waals surface area contributed by atoms with Gasteiger partial charge in [0.15, 0.2) is 0 Å². The minimum absolute atomic E-state index is 0.0831. The fourth-order valence-corrected chi connectivity index (χ4v) is 2.86. The van der Waals surface area contributed by atoms with Crippen molar-refractivity contribution in [2.45, 2.75) is 18.9 Å². The number of carboxylic acids is 1. The van der Waals surface area contributed by atoms with E-state index >= 15 is 0 Å². The second-order valence-electron chi connectivity index (χ2n) is 4.81. The zero-order chi connectivity index (χ0) is 14.8. The molecular weight excluding hydrogens is 292 g/mol. The van der Waals surface area contributed by atoms with Crippen LogP contribution in [0.2, 0.25) is 0 Å². The number of aromatic nitrogens is 3. The number of nitrogens with one attached hydrogen (secondary N) is 1. The van der Waals surface area contributed by atoms with Gasteiger partial charge in [-0.05, 0) is 12.8 Å². The van der Waals surface area contributed by atoms with E-state index in [1.807, 2.05) is 0 Å². The molecule has 1 saturated carbocycles. The van der Waals surface area contributed by atoms with Gasteiger partial charge in [-0.15, -0.1) is 11.3 Å². The third-order valence-corrected chi connectivity index (χ3v) is 4.21. The summed E-state index contributed by atoms with van der Waals surface area (Å²) in [6.07, 6.45) is 5.67. The molecule has 2 heterocycles. The summed E-state index contributed by atoms with van der Waals surface area (Å²) in [4.78, 5) is 35.0. The van der Waals surface area contributed by atoms with E-state index in [0.29, 0.717) is 29.2 Å². The van der Waals surface area contributed by atoms with Gasteiger partial charge in [0, 0.05) is 23.8 Å². The summed E-state index contributed by atoms with van der Waals surface area (Å²) in [6, 6.07) is -0.0831. The second-order valence-corrected chi connectivity index (χ2v) is 5.66. The number of amides is 1. The summed E-state index contributed by atoms with van der Waals surface area (Å²) in [6.45, 7) is 0. The van der Waals surface area contributed by atoms with E-state index in [4.69, 9.17) is 5.11 Å². The molecule has 0 atom stereocenters. The average Bonchev–Trinajstić information content (AvgIpc) is 2.92. The molecule has 0 spiro atoms. The molecule has 1 fully saturated rings. The first-order valence-electron chi connectivity index (χ1n) is 6.39. The van der Waals surface area contributed by atoms with Crippen LogP contribution in [0, 0.1) is 5.92 Å². The van der Waals surface area contributed by atoms with Crippen molar-refractivity contribution in [2.75, 3.05) is 0 Å². The Bertz CT molecular complexity index is 667. The Kier molecular flexibility index (Phi) is 3.61. The molecule has 1 aliphatic carbocycles. The maximum atomic E-state index is 12.0. The van der Waals surface area contributed by atoms with Gasteiger partial charge in [0.05, 0.1) is 12.1 Å². The minimum Gasteiger partial charge on any atom is -0.481 e. The zero-order valence-corrected chi connectivity index (χ0v) is 11.7. The summed E-state index contributed by atoms with van der Waals surface area (Å²) in [5.41, 5.74) is 0.940. The number of rotatable bonds is 4. The molecule has 0 radical (unpaired) electrons. The third kappa shape index (κ3) is 2.89. The lowest BCUT2D eigenvalue weighted by Crippen LogP contribution is -2.46. The van der Waals surface area contributed by atoms with Crippen LogP contribution in [0.5, 0.6) is 0 Å². The largest absolute Gasteiger partial charge is 0.481 e. The highest BCUT2D eigenvalue weighted by molar-refractivity contribution is 7.13. The Morgan fingerprint density at radius 2 is 2.14 bits per heavy atom. The Balaban J connectivity index is 1.62. The molecule has 3 rings (SSSR count). The molecule has 2 aromatic heterocycles. The maximum Gasteiger partial charge on any atom is 0.306 e. The highest BCUT2D eigenvalue weighted by atomic mass is 32.1. The van der Waals surface area contributed by atoms with Gasteiger partial charge in [0.25, 0.3) is 5.91 Å². The number of hydrogen-bond donors (Lipinski definition) is 2. The first kappa shape index (κ1) is 13.6. The Morgan fingerprint density at radius 3 is 2.81 bits per heavy atom. The van der Waals surface area contributed by atoms with Gasteiger partial charge in [0.2, 0.25) is 0 Å². The maximum absolute atomic E-state index is 12.0. The summed E-state index contributed by atoms with van der Waals surface area (Å²) in [7, 11) is 0. The Labute approximate surface area is 124 Å². The number of hydrogen-bond acceptors (Lipinski definition) is 6. The summed E-state index contributed by atoms with van der Waals surface area (Å²) in [5, 5.41) is 13.9. The molecule has 108 valence electrons. The van der Waals surface area contributed by atoms with Crippen molar-refractivity contribution in [2.24, 2.45) is 5.92 Å². The highest BCUT2D eigenvalue weighted by Crippen LogP contribution is 2.28. The molecular formula is C13H12N4O3S. The Morgan fingerprint density at radius 1 is 1.33 bits per heavy atom. The van der Waals surface area contributed by atoms with Crippen molar-refractivity contribution in [3.05, 3.63) is 29.7 Å². The van der Waals surface area contributed by atoms with Gasteiger partial charge in [-0.3, -0.25) is 19.6 Å². The van der Waals surface area contributed by atoms with Crippen molar-refractivity contribution < 1.29 is 14.7 Å². The molecule has 0 bridgehead atoms. The predicted molar refractivity (Wildman–Crippen MR) is 74.8 cm³/mol. The smallest absolute Gasteiger partial charge is 0.306 e. The van der Waals surface area contributed by atoms with Crippen molar-refractivity contribution in [3.63, 3.8) is 0 Å². The van der Waals surface area contributed by atoms with Crippen LogP contribution in [0.25, 0.3) is 10.7 Å². The first-order valence-corrected chi connectivity index (χ1v) is 7.27. The quantitative estimate of drug-likeness (QED) is 0.879. The summed E-state index contributed by atoms with van der Waals surface area (Å²) >= 11 is 1.32. The number of carbonyl (C=O) groups is 2. The van der Waals surface area contributed by atoms with Crippen molar-refractivity contribution >= 4 is 23.2 Å². The molecule has 0 aliphatic heterocycles. The number of carboxylic acid groups (broad SMARTS) is 1. The molecule has 1 amide bonds. The molecule has 0 aromatic carbocycles. The monoisotopic (exact) mass is 304 g/mol. The fraction of sp³-hybridized carbons (Fsp3) is 0.308. The molecule has 21 heavy (non-hydrogen) atoms. The van der Waals surface area contributed by atoms with Crippen LogP contribution >= 0.6 is 11.3 Å². The zero-order valence-electron chi connectivity index (χ0n) is 10.9. The molecule has 2 N–H and O–H groups in total. The van der Waals surface area contributed by atoms with Gasteiger partial charge in [-0.1, -0.05) is 0 Å².